The van der Waals surface area contributed by atoms with Gasteiger partial charge in [0.05, 0.1) is 5.56 Å². The van der Waals surface area contributed by atoms with Crippen molar-refractivity contribution in [2.24, 2.45) is 0 Å². The summed E-state index contributed by atoms with van der Waals surface area (Å²) in [6, 6.07) is 9.12. The molecular weight excluding hydrogens is 349 g/mol. The molecule has 0 aromatic heterocycles. The molecule has 0 aliphatic carbocycles. The summed E-state index contributed by atoms with van der Waals surface area (Å²) in [5.41, 5.74) is -0.150. The van der Waals surface area contributed by atoms with E-state index in [9.17, 15) is 18.3 Å². The van der Waals surface area contributed by atoms with Gasteiger partial charge in [0, 0.05) is 12.2 Å². The molecule has 0 saturated carbocycles. The third-order valence-corrected chi connectivity index (χ3v) is 3.60. The van der Waals surface area contributed by atoms with Crippen molar-refractivity contribution in [3.05, 3.63) is 53.6 Å². The summed E-state index contributed by atoms with van der Waals surface area (Å²) in [4.78, 5) is 0. The van der Waals surface area contributed by atoms with Crippen LogP contribution in [0.2, 0.25) is 0 Å². The van der Waals surface area contributed by atoms with Gasteiger partial charge in [-0.3, -0.25) is 5.11 Å². The Morgan fingerprint density at radius 1 is 0.962 bits per heavy atom. The standard InChI is InChI=1S/C19H20F3O4/c1-3-24-17(12-26-16-8-9-18(23)13(2)10-16)11-25-15-6-4-14(5-7-15)19(20,21)22/h4-10,17H,3,11-12H2,1-2H3. The molecule has 0 amide bonds. The Morgan fingerprint density at radius 3 is 2.08 bits per heavy atom. The second-order valence-electron chi connectivity index (χ2n) is 5.65. The Bertz CT molecular complexity index is 699. The molecule has 0 aliphatic heterocycles. The SMILES string of the molecule is CCOC(COc1ccc(C(F)(F)F)cc1)COc1ccc([O])c(C)c1. The van der Waals surface area contributed by atoms with Crippen molar-refractivity contribution in [2.75, 3.05) is 19.8 Å². The third-order valence-electron chi connectivity index (χ3n) is 3.60. The highest BCUT2D eigenvalue weighted by molar-refractivity contribution is 5.38. The van der Waals surface area contributed by atoms with Crippen LogP contribution in [0.15, 0.2) is 42.5 Å². The minimum absolute atomic E-state index is 0.0654. The van der Waals surface area contributed by atoms with Crippen molar-refractivity contribution in [2.45, 2.75) is 26.1 Å². The average molecular weight is 369 g/mol. The van der Waals surface area contributed by atoms with E-state index in [1.807, 2.05) is 6.92 Å². The molecule has 1 unspecified atom stereocenters. The molecule has 0 heterocycles. The largest absolute Gasteiger partial charge is 0.491 e. The van der Waals surface area contributed by atoms with Crippen LogP contribution in [0.1, 0.15) is 18.1 Å². The zero-order valence-electron chi connectivity index (χ0n) is 14.5. The molecule has 2 rings (SSSR count). The lowest BCUT2D eigenvalue weighted by atomic mass is 10.2. The number of hydrogen-bond acceptors (Lipinski definition) is 3. The van der Waals surface area contributed by atoms with E-state index in [2.05, 4.69) is 0 Å². The van der Waals surface area contributed by atoms with Crippen LogP contribution in [0.4, 0.5) is 13.2 Å². The Kier molecular flexibility index (Phi) is 6.74. The maximum absolute atomic E-state index is 12.6. The normalized spacial score (nSPS) is 12.7. The van der Waals surface area contributed by atoms with E-state index in [0.29, 0.717) is 23.7 Å². The molecule has 2 aromatic carbocycles. The molecule has 0 spiro atoms. The molecule has 0 saturated heterocycles. The molecular formula is C19H20F3O4. The van der Waals surface area contributed by atoms with Gasteiger partial charge < -0.3 is 14.2 Å². The zero-order valence-corrected chi connectivity index (χ0v) is 14.5. The highest BCUT2D eigenvalue weighted by Gasteiger charge is 2.30. The van der Waals surface area contributed by atoms with E-state index in [-0.39, 0.29) is 19.0 Å². The van der Waals surface area contributed by atoms with E-state index < -0.39 is 17.8 Å². The number of rotatable bonds is 8. The summed E-state index contributed by atoms with van der Waals surface area (Å²) < 4.78 is 54.3. The first-order chi connectivity index (χ1) is 12.3. The first-order valence-electron chi connectivity index (χ1n) is 8.11. The average Bonchev–Trinajstić information content (AvgIpc) is 2.60. The molecule has 1 radical (unpaired) electrons. The Labute approximate surface area is 150 Å². The highest BCUT2D eigenvalue weighted by Crippen LogP contribution is 2.30. The van der Waals surface area contributed by atoms with Crippen molar-refractivity contribution in [3.63, 3.8) is 0 Å². The van der Waals surface area contributed by atoms with E-state index in [1.54, 1.807) is 19.1 Å². The zero-order chi connectivity index (χ0) is 19.2. The summed E-state index contributed by atoms with van der Waals surface area (Å²) in [6.07, 6.45) is -4.78. The van der Waals surface area contributed by atoms with Crippen LogP contribution in [0.25, 0.3) is 0 Å². The first-order valence-corrected chi connectivity index (χ1v) is 8.11. The molecule has 4 nitrogen and oxygen atoms in total. The Balaban J connectivity index is 1.90. The van der Waals surface area contributed by atoms with Gasteiger partial charge in [-0.15, -0.1) is 0 Å². The van der Waals surface area contributed by atoms with Crippen LogP contribution in [0.5, 0.6) is 17.2 Å². The minimum Gasteiger partial charge on any atom is -0.491 e. The minimum atomic E-state index is -4.38. The Morgan fingerprint density at radius 2 is 1.54 bits per heavy atom. The summed E-state index contributed by atoms with van der Waals surface area (Å²) in [5.74, 6) is 0.792. The molecule has 7 heteroatoms. The second-order valence-corrected chi connectivity index (χ2v) is 5.65. The molecule has 0 N–H and O–H groups in total. The highest BCUT2D eigenvalue weighted by atomic mass is 19.4. The van der Waals surface area contributed by atoms with Gasteiger partial charge in [0.2, 0.25) is 0 Å². The van der Waals surface area contributed by atoms with Crippen LogP contribution in [0, 0.1) is 6.92 Å². The Hall–Kier alpha value is -2.41. The van der Waals surface area contributed by atoms with Crippen LogP contribution in [-0.4, -0.2) is 25.9 Å². The maximum atomic E-state index is 12.6. The number of alkyl halides is 3. The van der Waals surface area contributed by atoms with Gasteiger partial charge >= 0.3 is 6.18 Å². The smallest absolute Gasteiger partial charge is 0.416 e. The van der Waals surface area contributed by atoms with Crippen molar-refractivity contribution in [1.29, 1.82) is 0 Å². The molecule has 0 bridgehead atoms. The monoisotopic (exact) mass is 369 g/mol. The molecule has 1 atom stereocenters. The lowest BCUT2D eigenvalue weighted by molar-refractivity contribution is -0.137. The predicted octanol–water partition coefficient (Wildman–Crippen LogP) is 5.02. The molecule has 2 aromatic rings. The fourth-order valence-corrected chi connectivity index (χ4v) is 2.21. The van der Waals surface area contributed by atoms with E-state index in [4.69, 9.17) is 14.2 Å². The third kappa shape index (κ3) is 5.84. The summed E-state index contributed by atoms with van der Waals surface area (Å²) in [5, 5.41) is 11.4. The summed E-state index contributed by atoms with van der Waals surface area (Å²) >= 11 is 0. The fourth-order valence-electron chi connectivity index (χ4n) is 2.21. The van der Waals surface area contributed by atoms with Crippen LogP contribution in [-0.2, 0) is 16.0 Å². The van der Waals surface area contributed by atoms with Crippen molar-refractivity contribution in [3.8, 4) is 17.2 Å². The van der Waals surface area contributed by atoms with E-state index in [1.165, 1.54) is 18.2 Å². The fraction of sp³-hybridized carbons (Fsp3) is 0.368. The summed E-state index contributed by atoms with van der Waals surface area (Å²) in [7, 11) is 0. The maximum Gasteiger partial charge on any atom is 0.416 e. The predicted molar refractivity (Wildman–Crippen MR) is 89.2 cm³/mol. The van der Waals surface area contributed by atoms with Gasteiger partial charge in [-0.1, -0.05) is 0 Å². The van der Waals surface area contributed by atoms with Gasteiger partial charge in [0.1, 0.15) is 30.8 Å². The molecule has 0 aliphatic rings. The molecule has 0 fully saturated rings. The number of aryl methyl sites for hydroxylation is 1. The van der Waals surface area contributed by atoms with Crippen LogP contribution < -0.4 is 9.47 Å². The molecule has 26 heavy (non-hydrogen) atoms. The lowest BCUT2D eigenvalue weighted by Crippen LogP contribution is -2.28. The van der Waals surface area contributed by atoms with Crippen molar-refractivity contribution < 1.29 is 32.5 Å². The van der Waals surface area contributed by atoms with Crippen molar-refractivity contribution in [1.82, 2.24) is 0 Å². The second kappa shape index (κ2) is 8.80. The van der Waals surface area contributed by atoms with Gasteiger partial charge in [-0.05, 0) is 56.3 Å². The topological polar surface area (TPSA) is 47.6 Å². The van der Waals surface area contributed by atoms with Gasteiger partial charge in [-0.25, -0.2) is 0 Å². The summed E-state index contributed by atoms with van der Waals surface area (Å²) in [6.45, 7) is 4.26. The number of hydrogen-bond donors (Lipinski definition) is 0. The van der Waals surface area contributed by atoms with Crippen LogP contribution >= 0.6 is 0 Å². The van der Waals surface area contributed by atoms with E-state index >= 15 is 0 Å². The van der Waals surface area contributed by atoms with Crippen LogP contribution in [0.3, 0.4) is 0 Å². The van der Waals surface area contributed by atoms with Gasteiger partial charge in [-0.2, -0.15) is 13.2 Å². The van der Waals surface area contributed by atoms with Crippen molar-refractivity contribution >= 4 is 0 Å². The number of halogens is 3. The molecule has 141 valence electrons. The number of ether oxygens (including phenoxy) is 3. The van der Waals surface area contributed by atoms with Gasteiger partial charge in [0.25, 0.3) is 0 Å². The first kappa shape index (κ1) is 19.9. The van der Waals surface area contributed by atoms with Gasteiger partial charge in [0.15, 0.2) is 5.75 Å². The van der Waals surface area contributed by atoms with E-state index in [0.717, 1.165) is 12.1 Å². The number of benzene rings is 2. The quantitative estimate of drug-likeness (QED) is 0.656. The lowest BCUT2D eigenvalue weighted by Gasteiger charge is -2.19.